The minimum Gasteiger partial charge on any atom is -0.496 e. The van der Waals surface area contributed by atoms with Crippen LogP contribution in [0.15, 0.2) is 46.9 Å². The Hall–Kier alpha value is -1.81. The first-order valence-corrected chi connectivity index (χ1v) is 8.09. The van der Waals surface area contributed by atoms with Crippen molar-refractivity contribution in [2.75, 3.05) is 14.2 Å². The van der Waals surface area contributed by atoms with Crippen LogP contribution in [0.4, 0.5) is 0 Å². The standard InChI is InChI=1S/C18H18BrNO2/c1-20(16-9-7-12-5-3-4-6-14(12)16)18(21)13-8-10-17(22-2)15(19)11-13/h3-6,8,10-11,16H,7,9H2,1-2H3. The lowest BCUT2D eigenvalue weighted by Gasteiger charge is -2.25. The number of aryl methyl sites for hydroxylation is 1. The number of benzene rings is 2. The number of hydrogen-bond donors (Lipinski definition) is 0. The number of rotatable bonds is 3. The van der Waals surface area contributed by atoms with Crippen molar-refractivity contribution in [1.82, 2.24) is 4.90 Å². The van der Waals surface area contributed by atoms with Crippen molar-refractivity contribution < 1.29 is 9.53 Å². The number of ether oxygens (including phenoxy) is 1. The van der Waals surface area contributed by atoms with E-state index in [4.69, 9.17) is 4.74 Å². The van der Waals surface area contributed by atoms with E-state index in [1.807, 2.05) is 36.2 Å². The Balaban J connectivity index is 1.85. The summed E-state index contributed by atoms with van der Waals surface area (Å²) in [6.45, 7) is 0. The maximum absolute atomic E-state index is 12.8. The lowest BCUT2D eigenvalue weighted by Crippen LogP contribution is -2.30. The van der Waals surface area contributed by atoms with E-state index in [1.165, 1.54) is 11.1 Å². The van der Waals surface area contributed by atoms with Crippen LogP contribution in [0.25, 0.3) is 0 Å². The second-order valence-electron chi connectivity index (χ2n) is 5.52. The molecule has 1 atom stereocenters. The summed E-state index contributed by atoms with van der Waals surface area (Å²) in [6, 6.07) is 14.0. The number of methoxy groups -OCH3 is 1. The summed E-state index contributed by atoms with van der Waals surface area (Å²) in [6.07, 6.45) is 2.02. The van der Waals surface area contributed by atoms with Gasteiger partial charge < -0.3 is 9.64 Å². The van der Waals surface area contributed by atoms with Gasteiger partial charge in [-0.05, 0) is 58.1 Å². The number of amides is 1. The Kier molecular flexibility index (Phi) is 4.21. The lowest BCUT2D eigenvalue weighted by atomic mass is 10.1. The van der Waals surface area contributed by atoms with E-state index in [0.29, 0.717) is 5.56 Å². The first kappa shape index (κ1) is 15.1. The van der Waals surface area contributed by atoms with Crippen molar-refractivity contribution in [3.8, 4) is 5.75 Å². The number of halogens is 1. The van der Waals surface area contributed by atoms with E-state index in [1.54, 1.807) is 7.11 Å². The van der Waals surface area contributed by atoms with Crippen molar-refractivity contribution in [3.05, 3.63) is 63.6 Å². The summed E-state index contributed by atoms with van der Waals surface area (Å²) in [5.74, 6) is 0.760. The molecule has 114 valence electrons. The number of fused-ring (bicyclic) bond motifs is 1. The molecule has 3 rings (SSSR count). The summed E-state index contributed by atoms with van der Waals surface area (Å²) in [5.41, 5.74) is 3.29. The molecule has 0 saturated heterocycles. The van der Waals surface area contributed by atoms with Crippen LogP contribution >= 0.6 is 15.9 Å². The average Bonchev–Trinajstić information content (AvgIpc) is 2.97. The van der Waals surface area contributed by atoms with E-state index in [0.717, 1.165) is 23.1 Å². The topological polar surface area (TPSA) is 29.5 Å². The van der Waals surface area contributed by atoms with E-state index >= 15 is 0 Å². The van der Waals surface area contributed by atoms with Crippen LogP contribution in [0.1, 0.15) is 33.9 Å². The van der Waals surface area contributed by atoms with E-state index in [9.17, 15) is 4.79 Å². The van der Waals surface area contributed by atoms with E-state index in [2.05, 4.69) is 34.1 Å². The molecule has 2 aromatic carbocycles. The second-order valence-corrected chi connectivity index (χ2v) is 6.37. The van der Waals surface area contributed by atoms with Gasteiger partial charge in [0, 0.05) is 12.6 Å². The van der Waals surface area contributed by atoms with Crippen LogP contribution in [-0.2, 0) is 6.42 Å². The molecule has 0 spiro atoms. The molecular weight excluding hydrogens is 342 g/mol. The first-order valence-electron chi connectivity index (χ1n) is 7.30. The smallest absolute Gasteiger partial charge is 0.254 e. The zero-order valence-electron chi connectivity index (χ0n) is 12.7. The zero-order chi connectivity index (χ0) is 15.7. The van der Waals surface area contributed by atoms with Crippen molar-refractivity contribution in [2.24, 2.45) is 0 Å². The summed E-state index contributed by atoms with van der Waals surface area (Å²) >= 11 is 3.44. The molecule has 1 aliphatic rings. The predicted molar refractivity (Wildman–Crippen MR) is 90.3 cm³/mol. The van der Waals surface area contributed by atoms with Gasteiger partial charge in [0.25, 0.3) is 5.91 Å². The van der Waals surface area contributed by atoms with Gasteiger partial charge in [-0.2, -0.15) is 0 Å². The lowest BCUT2D eigenvalue weighted by molar-refractivity contribution is 0.0730. The van der Waals surface area contributed by atoms with Gasteiger partial charge in [0.05, 0.1) is 17.6 Å². The van der Waals surface area contributed by atoms with Gasteiger partial charge in [0.1, 0.15) is 5.75 Å². The molecule has 0 aliphatic heterocycles. The van der Waals surface area contributed by atoms with Crippen LogP contribution < -0.4 is 4.74 Å². The van der Waals surface area contributed by atoms with Crippen LogP contribution in [-0.4, -0.2) is 25.0 Å². The largest absolute Gasteiger partial charge is 0.496 e. The molecule has 0 radical (unpaired) electrons. The molecule has 1 unspecified atom stereocenters. The van der Waals surface area contributed by atoms with E-state index in [-0.39, 0.29) is 11.9 Å². The molecule has 0 aromatic heterocycles. The van der Waals surface area contributed by atoms with Crippen LogP contribution in [0, 0.1) is 0 Å². The maximum Gasteiger partial charge on any atom is 0.254 e. The Morgan fingerprint density at radius 3 is 2.77 bits per heavy atom. The Morgan fingerprint density at radius 2 is 2.05 bits per heavy atom. The molecule has 1 amide bonds. The molecule has 0 heterocycles. The van der Waals surface area contributed by atoms with Crippen LogP contribution in [0.5, 0.6) is 5.75 Å². The molecule has 0 N–H and O–H groups in total. The molecule has 4 heteroatoms. The normalized spacial score (nSPS) is 16.2. The molecule has 1 aliphatic carbocycles. The second kappa shape index (κ2) is 6.13. The molecule has 3 nitrogen and oxygen atoms in total. The highest BCUT2D eigenvalue weighted by atomic mass is 79.9. The first-order chi connectivity index (χ1) is 10.6. The maximum atomic E-state index is 12.8. The summed E-state index contributed by atoms with van der Waals surface area (Å²) in [4.78, 5) is 14.6. The highest BCUT2D eigenvalue weighted by Crippen LogP contribution is 2.36. The fraction of sp³-hybridized carbons (Fsp3) is 0.278. The van der Waals surface area contributed by atoms with Crippen molar-refractivity contribution in [1.29, 1.82) is 0 Å². The highest BCUT2D eigenvalue weighted by molar-refractivity contribution is 9.10. The van der Waals surface area contributed by atoms with Gasteiger partial charge in [-0.15, -0.1) is 0 Å². The molecule has 2 aromatic rings. The van der Waals surface area contributed by atoms with Crippen LogP contribution in [0.3, 0.4) is 0 Å². The average molecular weight is 360 g/mol. The molecule has 0 saturated carbocycles. The summed E-state index contributed by atoms with van der Waals surface area (Å²) < 4.78 is 6.01. The Labute approximate surface area is 139 Å². The van der Waals surface area contributed by atoms with Crippen LogP contribution in [0.2, 0.25) is 0 Å². The van der Waals surface area contributed by atoms with Gasteiger partial charge >= 0.3 is 0 Å². The fourth-order valence-electron chi connectivity index (χ4n) is 3.08. The zero-order valence-corrected chi connectivity index (χ0v) is 14.3. The minimum absolute atomic E-state index is 0.0325. The van der Waals surface area contributed by atoms with Gasteiger partial charge in [0.2, 0.25) is 0 Å². The third kappa shape index (κ3) is 2.63. The summed E-state index contributed by atoms with van der Waals surface area (Å²) in [7, 11) is 3.50. The number of nitrogens with zero attached hydrogens (tertiary/aromatic N) is 1. The minimum atomic E-state index is 0.0325. The number of carbonyl (C=O) groups excluding carboxylic acids is 1. The highest BCUT2D eigenvalue weighted by Gasteiger charge is 2.28. The number of hydrogen-bond acceptors (Lipinski definition) is 2. The molecule has 22 heavy (non-hydrogen) atoms. The van der Waals surface area contributed by atoms with Gasteiger partial charge in [-0.1, -0.05) is 24.3 Å². The number of carbonyl (C=O) groups is 1. The third-order valence-electron chi connectivity index (χ3n) is 4.29. The van der Waals surface area contributed by atoms with E-state index < -0.39 is 0 Å². The quantitative estimate of drug-likeness (QED) is 0.820. The Bertz CT molecular complexity index is 714. The fourth-order valence-corrected chi connectivity index (χ4v) is 3.62. The third-order valence-corrected chi connectivity index (χ3v) is 4.91. The van der Waals surface area contributed by atoms with Crippen molar-refractivity contribution in [2.45, 2.75) is 18.9 Å². The SMILES string of the molecule is COc1ccc(C(=O)N(C)C2CCc3ccccc32)cc1Br. The molecular formula is C18H18BrNO2. The molecule has 0 bridgehead atoms. The molecule has 0 fully saturated rings. The van der Waals surface area contributed by atoms with Gasteiger partial charge in [-0.3, -0.25) is 4.79 Å². The summed E-state index contributed by atoms with van der Waals surface area (Å²) in [5, 5.41) is 0. The Morgan fingerprint density at radius 1 is 1.27 bits per heavy atom. The van der Waals surface area contributed by atoms with Gasteiger partial charge in [0.15, 0.2) is 0 Å². The predicted octanol–water partition coefficient (Wildman–Crippen LogP) is 4.22. The van der Waals surface area contributed by atoms with Gasteiger partial charge in [-0.25, -0.2) is 0 Å². The monoisotopic (exact) mass is 359 g/mol. The van der Waals surface area contributed by atoms with Crippen molar-refractivity contribution in [3.63, 3.8) is 0 Å². The van der Waals surface area contributed by atoms with Crippen molar-refractivity contribution >= 4 is 21.8 Å².